The van der Waals surface area contributed by atoms with Gasteiger partial charge in [-0.25, -0.2) is 0 Å². The normalized spacial score (nSPS) is 12.2. The average molecular weight is 296 g/mol. The fraction of sp³-hybridized carbons (Fsp3) is 0.200. The van der Waals surface area contributed by atoms with Crippen molar-refractivity contribution in [3.8, 4) is 11.1 Å². The van der Waals surface area contributed by atoms with Gasteiger partial charge in [-0.1, -0.05) is 35.9 Å². The van der Waals surface area contributed by atoms with Crippen LogP contribution in [0.5, 0.6) is 0 Å². The van der Waals surface area contributed by atoms with Crippen molar-refractivity contribution < 1.29 is 5.11 Å². The van der Waals surface area contributed by atoms with Gasteiger partial charge in [0.05, 0.1) is 12.0 Å². The zero-order valence-electron chi connectivity index (χ0n) is 10.3. The number of aliphatic hydroxyl groups is 1. The first-order valence-corrected chi connectivity index (χ1v) is 6.94. The molecule has 2 aromatic rings. The maximum Gasteiger partial charge on any atom is 0.0847 e. The molecule has 0 saturated carbocycles. The topological polar surface area (TPSA) is 32.3 Å². The molecule has 0 radical (unpaired) electrons. The van der Waals surface area contributed by atoms with Crippen LogP contribution in [-0.4, -0.2) is 23.6 Å². The molecule has 0 aromatic heterocycles. The Kier molecular flexibility index (Phi) is 5.08. The lowest BCUT2D eigenvalue weighted by Gasteiger charge is -2.11. The van der Waals surface area contributed by atoms with Crippen molar-refractivity contribution in [2.75, 3.05) is 17.7 Å². The lowest BCUT2D eigenvalue weighted by atomic mass is 10.1. The summed E-state index contributed by atoms with van der Waals surface area (Å²) in [6, 6.07) is 15.7. The molecule has 1 atom stereocenters. The highest BCUT2D eigenvalue weighted by Gasteiger charge is 2.03. The molecule has 2 rings (SSSR count). The first-order chi connectivity index (χ1) is 9.19. The average Bonchev–Trinajstić information content (AvgIpc) is 2.46. The molecule has 0 spiro atoms. The van der Waals surface area contributed by atoms with E-state index >= 15 is 0 Å². The zero-order valence-corrected chi connectivity index (χ0v) is 11.8. The summed E-state index contributed by atoms with van der Waals surface area (Å²) in [5, 5.41) is 13.3. The van der Waals surface area contributed by atoms with Crippen LogP contribution in [0.3, 0.4) is 0 Å². The quantitative estimate of drug-likeness (QED) is 0.817. The molecule has 1 unspecified atom stereocenters. The molecule has 0 bridgehead atoms. The Hall–Kier alpha value is -1.22. The Morgan fingerprint density at radius 2 is 1.79 bits per heavy atom. The van der Waals surface area contributed by atoms with E-state index in [1.54, 1.807) is 0 Å². The highest BCUT2D eigenvalue weighted by Crippen LogP contribution is 2.24. The second kappa shape index (κ2) is 6.80. The number of aliphatic hydroxyl groups excluding tert-OH is 1. The maximum absolute atomic E-state index is 9.43. The highest BCUT2D eigenvalue weighted by molar-refractivity contribution is 6.30. The third-order valence-corrected chi connectivity index (χ3v) is 3.37. The van der Waals surface area contributed by atoms with Gasteiger partial charge in [-0.2, -0.15) is 0 Å². The van der Waals surface area contributed by atoms with E-state index in [-0.39, 0.29) is 5.88 Å². The predicted molar refractivity (Wildman–Crippen MR) is 82.1 cm³/mol. The smallest absolute Gasteiger partial charge is 0.0847 e. The Morgan fingerprint density at radius 1 is 1.05 bits per heavy atom. The van der Waals surface area contributed by atoms with Crippen molar-refractivity contribution in [3.63, 3.8) is 0 Å². The van der Waals surface area contributed by atoms with E-state index in [0.29, 0.717) is 6.54 Å². The molecule has 0 amide bonds. The first-order valence-electron chi connectivity index (χ1n) is 6.03. The zero-order chi connectivity index (χ0) is 13.7. The van der Waals surface area contributed by atoms with E-state index in [1.165, 1.54) is 0 Å². The number of halogens is 2. The predicted octanol–water partition coefficient (Wildman–Crippen LogP) is 4.02. The number of hydrogen-bond donors (Lipinski definition) is 2. The maximum atomic E-state index is 9.43. The van der Waals surface area contributed by atoms with Gasteiger partial charge < -0.3 is 10.4 Å². The summed E-state index contributed by atoms with van der Waals surface area (Å²) in [6.45, 7) is 0.438. The van der Waals surface area contributed by atoms with Gasteiger partial charge in [0, 0.05) is 17.3 Å². The Labute approximate surface area is 123 Å². The number of nitrogens with one attached hydrogen (secondary N) is 1. The summed E-state index contributed by atoms with van der Waals surface area (Å²) in [4.78, 5) is 0. The Balaban J connectivity index is 2.12. The molecular formula is C15H15Cl2NO. The highest BCUT2D eigenvalue weighted by atomic mass is 35.5. The summed E-state index contributed by atoms with van der Waals surface area (Å²) in [5.74, 6) is 0.226. The fourth-order valence-electron chi connectivity index (χ4n) is 1.74. The molecule has 0 aliphatic heterocycles. The van der Waals surface area contributed by atoms with E-state index < -0.39 is 6.10 Å². The van der Waals surface area contributed by atoms with Crippen molar-refractivity contribution in [1.82, 2.24) is 0 Å². The summed E-state index contributed by atoms with van der Waals surface area (Å²) < 4.78 is 0. The van der Waals surface area contributed by atoms with Crippen LogP contribution in [-0.2, 0) is 0 Å². The summed E-state index contributed by atoms with van der Waals surface area (Å²) in [6.07, 6.45) is -0.541. The minimum absolute atomic E-state index is 0.226. The lowest BCUT2D eigenvalue weighted by molar-refractivity contribution is 0.211. The third-order valence-electron chi connectivity index (χ3n) is 2.76. The molecule has 0 aliphatic carbocycles. The van der Waals surface area contributed by atoms with Crippen LogP contribution in [0, 0.1) is 0 Å². The van der Waals surface area contributed by atoms with Crippen LogP contribution >= 0.6 is 23.2 Å². The SMILES string of the molecule is OC(CCl)CNc1cccc(-c2ccc(Cl)cc2)c1. The van der Waals surface area contributed by atoms with Gasteiger partial charge >= 0.3 is 0 Å². The Morgan fingerprint density at radius 3 is 2.47 bits per heavy atom. The molecular weight excluding hydrogens is 281 g/mol. The van der Waals surface area contributed by atoms with E-state index in [1.807, 2.05) is 48.5 Å². The third kappa shape index (κ3) is 4.13. The number of benzene rings is 2. The van der Waals surface area contributed by atoms with Crippen molar-refractivity contribution in [1.29, 1.82) is 0 Å². The van der Waals surface area contributed by atoms with Crippen molar-refractivity contribution in [2.24, 2.45) is 0 Å². The van der Waals surface area contributed by atoms with Crippen LogP contribution in [0.4, 0.5) is 5.69 Å². The number of rotatable bonds is 5. The number of anilines is 1. The van der Waals surface area contributed by atoms with Crippen LogP contribution in [0.1, 0.15) is 0 Å². The number of alkyl halides is 1. The van der Waals surface area contributed by atoms with Gasteiger partial charge in [0.2, 0.25) is 0 Å². The minimum Gasteiger partial charge on any atom is -0.390 e. The van der Waals surface area contributed by atoms with E-state index in [0.717, 1.165) is 21.8 Å². The fourth-order valence-corrected chi connectivity index (χ4v) is 1.98. The van der Waals surface area contributed by atoms with Crippen LogP contribution in [0.25, 0.3) is 11.1 Å². The molecule has 2 N–H and O–H groups in total. The lowest BCUT2D eigenvalue weighted by Crippen LogP contribution is -2.20. The van der Waals surface area contributed by atoms with E-state index in [9.17, 15) is 5.11 Å². The van der Waals surface area contributed by atoms with Gasteiger partial charge in [-0.05, 0) is 35.4 Å². The summed E-state index contributed by atoms with van der Waals surface area (Å²) in [5.41, 5.74) is 3.16. The number of hydrogen-bond acceptors (Lipinski definition) is 2. The Bertz CT molecular complexity index is 528. The minimum atomic E-state index is -0.541. The van der Waals surface area contributed by atoms with Gasteiger partial charge in [-0.15, -0.1) is 11.6 Å². The summed E-state index contributed by atoms with van der Waals surface area (Å²) in [7, 11) is 0. The van der Waals surface area contributed by atoms with Crippen molar-refractivity contribution in [2.45, 2.75) is 6.10 Å². The molecule has 100 valence electrons. The van der Waals surface area contributed by atoms with Gasteiger partial charge in [-0.3, -0.25) is 0 Å². The largest absolute Gasteiger partial charge is 0.390 e. The van der Waals surface area contributed by atoms with Crippen LogP contribution in [0.15, 0.2) is 48.5 Å². The van der Waals surface area contributed by atoms with Gasteiger partial charge in [0.1, 0.15) is 0 Å². The molecule has 0 fully saturated rings. The molecule has 0 aliphatic rings. The summed E-state index contributed by atoms with van der Waals surface area (Å²) >= 11 is 11.4. The molecule has 0 heterocycles. The molecule has 2 nitrogen and oxygen atoms in total. The molecule has 2 aromatic carbocycles. The second-order valence-electron chi connectivity index (χ2n) is 4.28. The second-order valence-corrected chi connectivity index (χ2v) is 5.02. The van der Waals surface area contributed by atoms with Crippen molar-refractivity contribution >= 4 is 28.9 Å². The molecule has 0 saturated heterocycles. The standard InChI is InChI=1S/C15H15Cl2NO/c16-9-15(19)10-18-14-3-1-2-12(8-14)11-4-6-13(17)7-5-11/h1-8,15,18-19H,9-10H2. The molecule has 19 heavy (non-hydrogen) atoms. The van der Waals surface area contributed by atoms with E-state index in [2.05, 4.69) is 5.32 Å². The van der Waals surface area contributed by atoms with Crippen LogP contribution < -0.4 is 5.32 Å². The monoisotopic (exact) mass is 295 g/mol. The van der Waals surface area contributed by atoms with Crippen molar-refractivity contribution in [3.05, 3.63) is 53.6 Å². The first kappa shape index (κ1) is 14.2. The van der Waals surface area contributed by atoms with Gasteiger partial charge in [0.25, 0.3) is 0 Å². The van der Waals surface area contributed by atoms with E-state index in [4.69, 9.17) is 23.2 Å². The van der Waals surface area contributed by atoms with Crippen LogP contribution in [0.2, 0.25) is 5.02 Å². The van der Waals surface area contributed by atoms with Gasteiger partial charge in [0.15, 0.2) is 0 Å². The molecule has 4 heteroatoms.